The van der Waals surface area contributed by atoms with Crippen molar-refractivity contribution in [3.63, 3.8) is 0 Å². The molecule has 0 aliphatic rings. The van der Waals surface area contributed by atoms with Crippen LogP contribution in [0.4, 0.5) is 0 Å². The molecule has 0 heterocycles. The van der Waals surface area contributed by atoms with E-state index in [0.29, 0.717) is 19.4 Å². The van der Waals surface area contributed by atoms with Crippen molar-refractivity contribution in [1.82, 2.24) is 5.32 Å². The van der Waals surface area contributed by atoms with Gasteiger partial charge in [-0.15, -0.1) is 0 Å². The highest BCUT2D eigenvalue weighted by Crippen LogP contribution is 2.19. The van der Waals surface area contributed by atoms with Crippen molar-refractivity contribution in [2.75, 3.05) is 13.2 Å². The van der Waals surface area contributed by atoms with Gasteiger partial charge >= 0.3 is 5.97 Å². The summed E-state index contributed by atoms with van der Waals surface area (Å²) in [5.74, 6) is -0.0613. The molecule has 1 amide bonds. The smallest absolute Gasteiger partial charge is 0.305 e. The molecule has 6 nitrogen and oxygen atoms in total. The summed E-state index contributed by atoms with van der Waals surface area (Å²) in [4.78, 5) is 24.6. The number of carbonyl (C=O) groups is 2. The molecule has 0 bridgehead atoms. The average molecular weight is 1210 g/mol. The van der Waals surface area contributed by atoms with Crippen LogP contribution in [0.3, 0.4) is 0 Å². The SMILES string of the molecule is CCCCC/C=C\C/C=C\CCCCCCCCCC(=O)OCCCCCCCCCCC/C=C\C/C=C\CCCCCCCCCCCCCCCC(=O)NC(CO)C(O)/C=C/CCCCCCCCCCCCCCCCCCCCCCC. The van der Waals surface area contributed by atoms with Crippen molar-refractivity contribution in [1.29, 1.82) is 0 Å². The first-order valence-electron chi connectivity index (χ1n) is 38.6. The topological polar surface area (TPSA) is 95.9 Å². The van der Waals surface area contributed by atoms with E-state index in [0.717, 1.165) is 57.8 Å². The van der Waals surface area contributed by atoms with Crippen LogP contribution < -0.4 is 5.32 Å². The van der Waals surface area contributed by atoms with Gasteiger partial charge in [0, 0.05) is 12.8 Å². The van der Waals surface area contributed by atoms with Crippen molar-refractivity contribution in [3.05, 3.63) is 60.8 Å². The Labute approximate surface area is 537 Å². The summed E-state index contributed by atoms with van der Waals surface area (Å²) in [7, 11) is 0. The summed E-state index contributed by atoms with van der Waals surface area (Å²) in [5.41, 5.74) is 0. The highest BCUT2D eigenvalue weighted by Gasteiger charge is 2.18. The highest BCUT2D eigenvalue weighted by atomic mass is 16.5. The first-order valence-corrected chi connectivity index (χ1v) is 38.6. The minimum absolute atomic E-state index is 0.00409. The molecule has 0 aliphatic carbocycles. The van der Waals surface area contributed by atoms with Crippen LogP contribution in [0.25, 0.3) is 0 Å². The Morgan fingerprint density at radius 3 is 0.907 bits per heavy atom. The van der Waals surface area contributed by atoms with Crippen molar-refractivity contribution in [2.24, 2.45) is 0 Å². The molecule has 2 atom stereocenters. The van der Waals surface area contributed by atoms with Gasteiger partial charge in [0.15, 0.2) is 0 Å². The maximum absolute atomic E-state index is 12.5. The predicted octanol–water partition coefficient (Wildman–Crippen LogP) is 25.4. The molecule has 0 spiro atoms. The number of hydrogen-bond donors (Lipinski definition) is 3. The van der Waals surface area contributed by atoms with Crippen LogP contribution in [0.2, 0.25) is 0 Å². The molecule has 86 heavy (non-hydrogen) atoms. The lowest BCUT2D eigenvalue weighted by molar-refractivity contribution is -0.143. The minimum atomic E-state index is -0.848. The van der Waals surface area contributed by atoms with Gasteiger partial charge in [-0.1, -0.05) is 364 Å². The van der Waals surface area contributed by atoms with Gasteiger partial charge in [0.2, 0.25) is 5.91 Å². The fourth-order valence-electron chi connectivity index (χ4n) is 11.9. The zero-order chi connectivity index (χ0) is 62.0. The second kappa shape index (κ2) is 75.0. The van der Waals surface area contributed by atoms with E-state index in [2.05, 4.69) is 67.8 Å². The molecule has 3 N–H and O–H groups in total. The van der Waals surface area contributed by atoms with Crippen LogP contribution in [0.15, 0.2) is 60.8 Å². The number of nitrogens with one attached hydrogen (secondary N) is 1. The Kier molecular flexibility index (Phi) is 72.9. The van der Waals surface area contributed by atoms with Crippen LogP contribution in [-0.4, -0.2) is 47.4 Å². The third kappa shape index (κ3) is 70.6. The molecule has 0 saturated heterocycles. The Balaban J connectivity index is 3.43. The number of carbonyl (C=O) groups excluding carboxylic acids is 2. The third-order valence-electron chi connectivity index (χ3n) is 17.8. The number of hydrogen-bond acceptors (Lipinski definition) is 5. The number of unbranched alkanes of at least 4 members (excludes halogenated alkanes) is 53. The summed E-state index contributed by atoms with van der Waals surface area (Å²) in [6.07, 6.45) is 100. The summed E-state index contributed by atoms with van der Waals surface area (Å²) in [6.45, 7) is 4.91. The van der Waals surface area contributed by atoms with Crippen molar-refractivity contribution >= 4 is 11.9 Å². The van der Waals surface area contributed by atoms with Crippen molar-refractivity contribution in [3.8, 4) is 0 Å². The normalized spacial score (nSPS) is 12.8. The molecular formula is C80H149NO5. The minimum Gasteiger partial charge on any atom is -0.466 e. The predicted molar refractivity (Wildman–Crippen MR) is 379 cm³/mol. The van der Waals surface area contributed by atoms with E-state index in [1.165, 1.54) is 327 Å². The molecule has 0 aromatic rings. The Morgan fingerprint density at radius 1 is 0.326 bits per heavy atom. The molecule has 6 heteroatoms. The summed E-state index contributed by atoms with van der Waals surface area (Å²) >= 11 is 0. The largest absolute Gasteiger partial charge is 0.466 e. The number of rotatable bonds is 72. The van der Waals surface area contributed by atoms with E-state index in [1.54, 1.807) is 6.08 Å². The van der Waals surface area contributed by atoms with Crippen LogP contribution in [0.1, 0.15) is 412 Å². The van der Waals surface area contributed by atoms with E-state index in [-0.39, 0.29) is 18.5 Å². The number of aliphatic hydroxyl groups is 2. The monoisotopic (exact) mass is 1200 g/mol. The molecule has 0 aromatic carbocycles. The van der Waals surface area contributed by atoms with Gasteiger partial charge in [0.25, 0.3) is 0 Å². The Morgan fingerprint density at radius 2 is 0.581 bits per heavy atom. The van der Waals surface area contributed by atoms with E-state index in [9.17, 15) is 19.8 Å². The van der Waals surface area contributed by atoms with Gasteiger partial charge in [-0.2, -0.15) is 0 Å². The second-order valence-corrected chi connectivity index (χ2v) is 26.3. The number of amides is 1. The summed E-state index contributed by atoms with van der Waals surface area (Å²) < 4.78 is 5.50. The van der Waals surface area contributed by atoms with Crippen molar-refractivity contribution in [2.45, 2.75) is 424 Å². The lowest BCUT2D eigenvalue weighted by Crippen LogP contribution is -2.45. The molecule has 0 fully saturated rings. The number of allylic oxidation sites excluding steroid dienone is 9. The summed E-state index contributed by atoms with van der Waals surface area (Å²) in [6, 6.07) is -0.631. The zero-order valence-electron chi connectivity index (χ0n) is 57.8. The number of ether oxygens (including phenoxy) is 1. The van der Waals surface area contributed by atoms with E-state index < -0.39 is 12.1 Å². The molecule has 0 rings (SSSR count). The summed E-state index contributed by atoms with van der Waals surface area (Å²) in [5, 5.41) is 23.3. The van der Waals surface area contributed by atoms with Crippen LogP contribution in [0, 0.1) is 0 Å². The van der Waals surface area contributed by atoms with Crippen LogP contribution in [-0.2, 0) is 14.3 Å². The van der Waals surface area contributed by atoms with Gasteiger partial charge in [-0.25, -0.2) is 0 Å². The van der Waals surface area contributed by atoms with Gasteiger partial charge in [0.05, 0.1) is 25.4 Å². The lowest BCUT2D eigenvalue weighted by atomic mass is 10.0. The van der Waals surface area contributed by atoms with Gasteiger partial charge < -0.3 is 20.3 Å². The molecule has 0 aromatic heterocycles. The van der Waals surface area contributed by atoms with E-state index in [4.69, 9.17) is 4.74 Å². The standard InChI is InChI=1S/C80H149NO5/c1-3-5-7-9-11-13-15-17-19-21-22-23-31-34-37-41-44-48-52-56-60-64-68-72-78(83)77(76-82)81-79(84)73-69-65-61-57-53-49-45-42-38-35-32-29-27-25-24-26-28-30-33-36-39-43-47-51-55-59-63-67-71-75-86-80(85)74-70-66-62-58-54-50-46-40-20-18-16-14-12-10-8-6-4-2/h12,14,18,20,24,26,30,33,68,72,77-78,82-83H,3-11,13,15-17,19,21-23,25,27-29,31-32,34-67,69-71,73-76H2,1-2H3,(H,81,84)/b14-12-,20-18-,26-24-,33-30-,72-68+. The quantitative estimate of drug-likeness (QED) is 0.0320. The lowest BCUT2D eigenvalue weighted by Gasteiger charge is -2.20. The Bertz CT molecular complexity index is 1480. The fourth-order valence-corrected chi connectivity index (χ4v) is 11.9. The number of aliphatic hydroxyl groups excluding tert-OH is 2. The van der Waals surface area contributed by atoms with Gasteiger partial charge in [-0.3, -0.25) is 9.59 Å². The van der Waals surface area contributed by atoms with E-state index in [1.807, 2.05) is 6.08 Å². The molecule has 0 radical (unpaired) electrons. The second-order valence-electron chi connectivity index (χ2n) is 26.3. The average Bonchev–Trinajstić information content (AvgIpc) is 3.54. The maximum atomic E-state index is 12.5. The third-order valence-corrected chi connectivity index (χ3v) is 17.8. The first kappa shape index (κ1) is 83.6. The maximum Gasteiger partial charge on any atom is 0.305 e. The van der Waals surface area contributed by atoms with Gasteiger partial charge in [0.1, 0.15) is 0 Å². The van der Waals surface area contributed by atoms with Gasteiger partial charge in [-0.05, 0) is 96.3 Å². The van der Waals surface area contributed by atoms with E-state index >= 15 is 0 Å². The fraction of sp³-hybridized carbons (Fsp3) is 0.850. The highest BCUT2D eigenvalue weighted by molar-refractivity contribution is 5.76. The Hall–Kier alpha value is -2.44. The van der Waals surface area contributed by atoms with Crippen LogP contribution in [0.5, 0.6) is 0 Å². The number of esters is 1. The molecule has 0 aliphatic heterocycles. The first-order chi connectivity index (χ1) is 42.5. The molecule has 2 unspecified atom stereocenters. The molecule has 0 saturated carbocycles. The molecular weight excluding hydrogens is 1050 g/mol. The zero-order valence-corrected chi connectivity index (χ0v) is 57.8. The molecule has 504 valence electrons. The van der Waals surface area contributed by atoms with Crippen LogP contribution >= 0.6 is 0 Å². The van der Waals surface area contributed by atoms with Crippen molar-refractivity contribution < 1.29 is 24.5 Å².